The molecule has 15 rings (SSSR count). The standard InChI is InChI=1S/C45H55B3N5O10P.C39H46N5O7P.CH4/c1-6-60-64(56,61-7-2)31-57-36-20-14-19-34(23-36)27-50-39(25-32-15-10-8-11-16-32)41-42(63-45(3,4)62-41)40(26-33-17-12-9-13-18-33)51(44(50)54)28-35-21-22-38-37(24-35)43(49-53(38)46(5)55)52(47-29-58-47)48-30-59-48;1-3-50-52(48,51-4-2)26-49-31-17-11-16-29(20-31)24-43-34(22-27-12-7-5-8-13-27)36(45)37(46)35(23-28-14-9-6-10-15-28)44(39(43)47)25-30-18-19-33-32(21-30)38(40)42-41-33;/h8-24,39-42,55H,6-7,25-31H2,1-5H3;5-21,34-37,45-46H,3-4,22-26H2,1-2H3,(H3,40,41,42);1H4/t39-,40-,41+,42+;34-,35-,36+,37+;/m11./s1. The zero-order valence-electron chi connectivity index (χ0n) is 66.4. The predicted octanol–water partition coefficient (Wildman–Crippen LogP) is 13.5. The summed E-state index contributed by atoms with van der Waals surface area (Å²) in [5.74, 6) is 0.958. The highest BCUT2D eigenvalue weighted by Crippen LogP contribution is 2.50. The summed E-state index contributed by atoms with van der Waals surface area (Å²) in [4.78, 5) is 38.2. The molecule has 0 aliphatic carbocycles. The van der Waals surface area contributed by atoms with E-state index < -0.39 is 76.6 Å². The molecule has 0 spiro atoms. The van der Waals surface area contributed by atoms with Crippen LogP contribution in [0.4, 0.5) is 21.2 Å². The number of anilines is 2. The molecule has 10 aromatic rings. The van der Waals surface area contributed by atoms with Gasteiger partial charge in [0.25, 0.3) is 0 Å². The van der Waals surface area contributed by atoms with Gasteiger partial charge in [0.1, 0.15) is 41.7 Å². The highest BCUT2D eigenvalue weighted by molar-refractivity contribution is 7.53. The molecule has 8 aromatic carbocycles. The molecule has 0 radical (unpaired) electrons. The topological polar surface area (TPSA) is 317 Å². The van der Waals surface area contributed by atoms with Crippen LogP contribution in [0.2, 0.25) is 6.82 Å². The highest BCUT2D eigenvalue weighted by Gasteiger charge is 2.57. The van der Waals surface area contributed by atoms with Crippen LogP contribution in [0.25, 0.3) is 21.8 Å². The van der Waals surface area contributed by atoms with Crippen molar-refractivity contribution in [1.82, 2.24) is 39.5 Å². The molecule has 7 heterocycles. The van der Waals surface area contributed by atoms with E-state index in [1.165, 1.54) is 0 Å². The van der Waals surface area contributed by atoms with Crippen LogP contribution in [0.5, 0.6) is 11.5 Å². The zero-order chi connectivity index (χ0) is 81.3. The lowest BCUT2D eigenvalue weighted by atomic mass is 9.76. The number of carbonyl (C=O) groups excluding carboxylic acids is 2. The van der Waals surface area contributed by atoms with Crippen LogP contribution in [0.1, 0.15) is 93.5 Å². The Morgan fingerprint density at radius 2 is 0.880 bits per heavy atom. The SMILES string of the molecule is C.CCOP(=O)(COc1cccc(CN2C(=O)N(Cc3ccc4[nH]nc(N)c4c3)[C@H](Cc3ccccc3)[C@H](O)[C@@H](O)[C@H]2Cc2ccccc2)c1)OCC.CCOP(=O)(COc1cccc(CN2C(=O)N(Cc3ccc4c(c3)c(N(B3CO3)B3CO3)nn4B(C)O)[C@H](Cc3ccccc3)[C@@H]3OC(C)(C)O[C@H]3[C@H]2Cc2ccccc2)c1)OCC. The molecule has 27 nitrogen and oxygen atoms in total. The first-order chi connectivity index (χ1) is 56.1. The summed E-state index contributed by atoms with van der Waals surface area (Å²) in [7, 11) is -8.19. The minimum atomic E-state index is -3.49. The van der Waals surface area contributed by atoms with Gasteiger partial charge in [-0.25, -0.2) is 9.59 Å². The molecular weight excluding hydrogens is 1530 g/mol. The second-order valence-corrected chi connectivity index (χ2v) is 34.1. The predicted molar refractivity (Wildman–Crippen MR) is 452 cm³/mol. The Morgan fingerprint density at radius 3 is 1.26 bits per heavy atom. The summed E-state index contributed by atoms with van der Waals surface area (Å²) < 4.78 is 89.1. The van der Waals surface area contributed by atoms with Crippen LogP contribution in [0.3, 0.4) is 0 Å². The second-order valence-electron chi connectivity index (χ2n) is 30.1. The zero-order valence-corrected chi connectivity index (χ0v) is 68.2. The number of nitrogens with zero attached hydrogens (tertiary/aromatic N) is 8. The number of aliphatic hydroxyl groups excluding tert-OH is 2. The molecule has 5 fully saturated rings. The number of aliphatic hydroxyl groups is 2. The number of rotatable bonds is 34. The number of benzene rings is 8. The van der Waals surface area contributed by atoms with E-state index in [2.05, 4.69) is 40.5 Å². The lowest BCUT2D eigenvalue weighted by Gasteiger charge is -2.37. The first-order valence-corrected chi connectivity index (χ1v) is 43.2. The molecule has 616 valence electrons. The molecule has 2 aromatic heterocycles. The van der Waals surface area contributed by atoms with Gasteiger partial charge in [-0.3, -0.25) is 18.8 Å². The van der Waals surface area contributed by atoms with Gasteiger partial charge in [-0.05, 0) is 167 Å². The summed E-state index contributed by atoms with van der Waals surface area (Å²) in [5, 5.41) is 48.4. The molecule has 5 aliphatic heterocycles. The van der Waals surface area contributed by atoms with Crippen molar-refractivity contribution in [2.75, 3.05) is 62.6 Å². The Balaban J connectivity index is 0.000000206. The monoisotopic (exact) mass is 1630 g/mol. The third-order valence-corrected chi connectivity index (χ3v) is 24.8. The Morgan fingerprint density at radius 1 is 0.521 bits per heavy atom. The van der Waals surface area contributed by atoms with Crippen molar-refractivity contribution in [3.05, 3.63) is 251 Å². The highest BCUT2D eigenvalue weighted by atomic mass is 31.2. The number of carbonyl (C=O) groups is 2. The van der Waals surface area contributed by atoms with Gasteiger partial charge < -0.3 is 91.6 Å². The molecule has 4 amide bonds. The first kappa shape index (κ1) is 85.5. The van der Waals surface area contributed by atoms with Gasteiger partial charge in [0.15, 0.2) is 24.3 Å². The van der Waals surface area contributed by atoms with Crippen molar-refractivity contribution in [2.45, 2.75) is 162 Å². The summed E-state index contributed by atoms with van der Waals surface area (Å²) in [6.07, 6.45) is -2.48. The minimum Gasteiger partial charge on any atom is -0.481 e. The smallest absolute Gasteiger partial charge is 0.431 e. The molecule has 5 saturated heterocycles. The Kier molecular flexibility index (Phi) is 27.9. The number of nitrogens with two attached hydrogens (primary N) is 1. The molecule has 0 bridgehead atoms. The number of aromatic nitrogens is 4. The number of nitrogens with one attached hydrogen (secondary N) is 1. The van der Waals surface area contributed by atoms with Crippen molar-refractivity contribution in [2.24, 2.45) is 0 Å². The fourth-order valence-corrected chi connectivity index (χ4v) is 18.6. The van der Waals surface area contributed by atoms with Crippen LogP contribution in [-0.2, 0) is 97.9 Å². The summed E-state index contributed by atoms with van der Waals surface area (Å²) in [6.45, 7) is 15.2. The molecule has 8 atom stereocenters. The fraction of sp³-hybridized carbons (Fsp3) is 0.388. The maximum atomic E-state index is 15.9. The van der Waals surface area contributed by atoms with Gasteiger partial charge in [0.2, 0.25) is 0 Å². The van der Waals surface area contributed by atoms with E-state index in [1.54, 1.807) is 73.2 Å². The van der Waals surface area contributed by atoms with Gasteiger partial charge >= 0.3 is 48.4 Å². The van der Waals surface area contributed by atoms with E-state index >= 15 is 9.59 Å². The van der Waals surface area contributed by atoms with Crippen molar-refractivity contribution < 1.29 is 80.3 Å². The first-order valence-electron chi connectivity index (χ1n) is 39.7. The van der Waals surface area contributed by atoms with Gasteiger partial charge in [0, 0.05) is 37.0 Å². The van der Waals surface area contributed by atoms with Gasteiger partial charge in [-0.15, -0.1) is 0 Å². The van der Waals surface area contributed by atoms with Gasteiger partial charge in [0.05, 0.1) is 74.6 Å². The third kappa shape index (κ3) is 20.7. The molecule has 32 heteroatoms. The summed E-state index contributed by atoms with van der Waals surface area (Å²) >= 11 is 0. The van der Waals surface area contributed by atoms with Crippen LogP contribution in [0.15, 0.2) is 206 Å². The molecule has 5 aliphatic rings. The maximum absolute atomic E-state index is 15.9. The molecule has 117 heavy (non-hydrogen) atoms. The largest absolute Gasteiger partial charge is 0.481 e. The number of nitrogen functional groups attached to an aromatic ring is 1. The normalized spacial score (nSPS) is 20.5. The number of aromatic amines is 1. The Hall–Kier alpha value is -9.35. The maximum Gasteiger partial charge on any atom is 0.431 e. The van der Waals surface area contributed by atoms with E-state index in [-0.39, 0.29) is 98.9 Å². The molecule has 0 saturated carbocycles. The number of hydrogen-bond acceptors (Lipinski definition) is 21. The van der Waals surface area contributed by atoms with Crippen molar-refractivity contribution in [3.8, 4) is 11.5 Å². The van der Waals surface area contributed by atoms with Crippen molar-refractivity contribution >= 4 is 81.8 Å². The summed E-state index contributed by atoms with van der Waals surface area (Å²) in [5.41, 5.74) is 14.8. The lowest BCUT2D eigenvalue weighted by Crippen LogP contribution is -2.51. The average molecular weight is 1630 g/mol. The van der Waals surface area contributed by atoms with Gasteiger partial charge in [-0.1, -0.05) is 165 Å². The number of H-pyrrole nitrogens is 1. The second kappa shape index (κ2) is 38.2. The van der Waals surface area contributed by atoms with E-state index in [9.17, 15) is 24.4 Å². The fourth-order valence-electron chi connectivity index (χ4n) is 15.9. The Bertz CT molecular complexity index is 5030. The van der Waals surface area contributed by atoms with Crippen LogP contribution in [0, 0.1) is 0 Å². The van der Waals surface area contributed by atoms with Crippen molar-refractivity contribution in [1.29, 1.82) is 0 Å². The van der Waals surface area contributed by atoms with Crippen LogP contribution in [-0.4, -0.2) is 194 Å². The van der Waals surface area contributed by atoms with E-state index in [0.717, 1.165) is 60.8 Å². The minimum absolute atomic E-state index is 0. The average Bonchev–Trinajstić information content (AvgIpc) is 1.60. The van der Waals surface area contributed by atoms with E-state index in [4.69, 9.17) is 57.2 Å². The number of fused-ring (bicyclic) bond motifs is 3. The Labute approximate surface area is 685 Å². The number of ether oxygens (including phenoxy) is 4. The molecule has 0 unspecified atom stereocenters. The van der Waals surface area contributed by atoms with E-state index in [0.29, 0.717) is 67.4 Å². The van der Waals surface area contributed by atoms with Crippen LogP contribution < -0.4 is 19.9 Å². The van der Waals surface area contributed by atoms with E-state index in [1.807, 2.05) is 180 Å². The quantitative estimate of drug-likeness (QED) is 0.0142. The molecular formula is C85H105B3N10O17P2. The van der Waals surface area contributed by atoms with Crippen LogP contribution >= 0.6 is 15.2 Å². The lowest BCUT2D eigenvalue weighted by molar-refractivity contribution is -0.157. The molecule has 6 N–H and O–H groups in total. The summed E-state index contributed by atoms with van der Waals surface area (Å²) in [6, 6.07) is 63.0. The van der Waals surface area contributed by atoms with Gasteiger partial charge in [-0.2, -0.15) is 10.2 Å². The van der Waals surface area contributed by atoms with Crippen molar-refractivity contribution in [3.63, 3.8) is 0 Å². The number of amides is 4. The number of hydrogen-bond donors (Lipinski definition) is 5. The third-order valence-electron chi connectivity index (χ3n) is 21.3. The number of urea groups is 2.